The minimum Gasteiger partial charge on any atom is -0.469 e. The lowest BCUT2D eigenvalue weighted by Crippen LogP contribution is -2.09. The number of hydrogen-bond acceptors (Lipinski definition) is 7. The first-order valence-electron chi connectivity index (χ1n) is 5.95. The van der Waals surface area contributed by atoms with Crippen molar-refractivity contribution in [3.05, 3.63) is 44.0 Å². The number of hydrogen-bond donors (Lipinski definition) is 0. The summed E-state index contributed by atoms with van der Waals surface area (Å²) in [7, 11) is 1.29. The Balaban J connectivity index is 2.81. The number of rotatable bonds is 7. The summed E-state index contributed by atoms with van der Waals surface area (Å²) < 4.78 is 4.54. The van der Waals surface area contributed by atoms with Crippen LogP contribution < -0.4 is 0 Å². The molecule has 0 aliphatic carbocycles. The van der Waals surface area contributed by atoms with E-state index in [0.29, 0.717) is 5.56 Å². The van der Waals surface area contributed by atoms with E-state index in [1.54, 1.807) is 6.92 Å². The van der Waals surface area contributed by atoms with Gasteiger partial charge in [-0.05, 0) is 6.07 Å². The molecule has 8 nitrogen and oxygen atoms in total. The summed E-state index contributed by atoms with van der Waals surface area (Å²) in [6.07, 6.45) is 0.196. The maximum atomic E-state index is 11.1. The van der Waals surface area contributed by atoms with Crippen LogP contribution in [0, 0.1) is 20.2 Å². The lowest BCUT2D eigenvalue weighted by Gasteiger charge is -2.09. The van der Waals surface area contributed by atoms with Crippen LogP contribution in [0.4, 0.5) is 11.4 Å². The van der Waals surface area contributed by atoms with E-state index in [0.717, 1.165) is 6.07 Å². The van der Waals surface area contributed by atoms with E-state index in [1.165, 1.54) is 31.0 Å². The Labute approximate surface area is 124 Å². The second kappa shape index (κ2) is 7.58. The highest BCUT2D eigenvalue weighted by atomic mass is 32.2. The van der Waals surface area contributed by atoms with Crippen LogP contribution >= 0.6 is 11.8 Å². The van der Waals surface area contributed by atoms with E-state index in [2.05, 4.69) is 4.74 Å². The monoisotopic (exact) mass is 314 g/mol. The highest BCUT2D eigenvalue weighted by Crippen LogP contribution is 2.29. The fourth-order valence-corrected chi connectivity index (χ4v) is 2.53. The Morgan fingerprint density at radius 2 is 2.00 bits per heavy atom. The molecule has 1 rings (SSSR count). The van der Waals surface area contributed by atoms with Crippen molar-refractivity contribution < 1.29 is 19.4 Å². The molecule has 1 aromatic rings. The predicted molar refractivity (Wildman–Crippen MR) is 77.1 cm³/mol. The van der Waals surface area contributed by atoms with Crippen molar-refractivity contribution in [2.75, 3.05) is 7.11 Å². The third-order valence-electron chi connectivity index (χ3n) is 2.68. The molecule has 1 aromatic carbocycles. The zero-order chi connectivity index (χ0) is 16.0. The van der Waals surface area contributed by atoms with Crippen molar-refractivity contribution in [1.29, 1.82) is 0 Å². The molecular formula is C12H14N2O6S. The number of nitro groups is 2. The first kappa shape index (κ1) is 16.9. The van der Waals surface area contributed by atoms with Crippen LogP contribution in [0.1, 0.15) is 18.9 Å². The summed E-state index contributed by atoms with van der Waals surface area (Å²) in [5, 5.41) is 21.5. The third-order valence-corrected chi connectivity index (χ3v) is 3.89. The van der Waals surface area contributed by atoms with Crippen molar-refractivity contribution in [2.24, 2.45) is 0 Å². The zero-order valence-corrected chi connectivity index (χ0v) is 12.3. The predicted octanol–water partition coefficient (Wildman–Crippen LogP) is 2.69. The maximum absolute atomic E-state index is 11.1. The summed E-state index contributed by atoms with van der Waals surface area (Å²) >= 11 is 1.34. The molecule has 0 aliphatic rings. The van der Waals surface area contributed by atoms with Gasteiger partial charge in [0.2, 0.25) is 0 Å². The van der Waals surface area contributed by atoms with Gasteiger partial charge >= 0.3 is 5.97 Å². The summed E-state index contributed by atoms with van der Waals surface area (Å²) in [5.74, 6) is -0.0693. The van der Waals surface area contributed by atoms with Crippen molar-refractivity contribution in [1.82, 2.24) is 0 Å². The summed E-state index contributed by atoms with van der Waals surface area (Å²) in [6, 6.07) is 3.54. The highest BCUT2D eigenvalue weighted by Gasteiger charge is 2.20. The maximum Gasteiger partial charge on any atom is 0.306 e. The number of non-ortho nitro benzene ring substituents is 1. The molecule has 0 aromatic heterocycles. The smallest absolute Gasteiger partial charge is 0.306 e. The van der Waals surface area contributed by atoms with Crippen molar-refractivity contribution in [3.8, 4) is 0 Å². The number of esters is 1. The molecule has 0 bridgehead atoms. The van der Waals surface area contributed by atoms with Crippen molar-refractivity contribution in [2.45, 2.75) is 24.3 Å². The van der Waals surface area contributed by atoms with Gasteiger partial charge in [0.1, 0.15) is 0 Å². The molecule has 0 heterocycles. The van der Waals surface area contributed by atoms with Gasteiger partial charge in [-0.3, -0.25) is 25.0 Å². The molecule has 0 saturated heterocycles. The second-order valence-electron chi connectivity index (χ2n) is 4.23. The Bertz CT molecular complexity index is 563. The quantitative estimate of drug-likeness (QED) is 0.432. The molecule has 9 heteroatoms. The SMILES string of the molecule is COC(=O)CC(C)SCc1ccc([N+](=O)[O-])cc1[N+](=O)[O-]. The van der Waals surface area contributed by atoms with Crippen LogP contribution in [0.15, 0.2) is 18.2 Å². The van der Waals surface area contributed by atoms with E-state index in [-0.39, 0.29) is 34.8 Å². The zero-order valence-electron chi connectivity index (χ0n) is 11.5. The largest absolute Gasteiger partial charge is 0.469 e. The average Bonchev–Trinajstić information content (AvgIpc) is 2.44. The Morgan fingerprint density at radius 1 is 1.33 bits per heavy atom. The highest BCUT2D eigenvalue weighted by molar-refractivity contribution is 7.99. The van der Waals surface area contributed by atoms with E-state index >= 15 is 0 Å². The number of carbonyl (C=O) groups is 1. The lowest BCUT2D eigenvalue weighted by molar-refractivity contribution is -0.394. The van der Waals surface area contributed by atoms with Crippen molar-refractivity contribution in [3.63, 3.8) is 0 Å². The summed E-state index contributed by atoms with van der Waals surface area (Å²) in [5.41, 5.74) is -0.229. The molecule has 0 aliphatic heterocycles. The lowest BCUT2D eigenvalue weighted by atomic mass is 10.2. The van der Waals surface area contributed by atoms with Gasteiger partial charge in [0.05, 0.1) is 29.4 Å². The number of ether oxygens (including phenoxy) is 1. The van der Waals surface area contributed by atoms with Crippen LogP contribution in [0.3, 0.4) is 0 Å². The Hall–Kier alpha value is -2.16. The molecule has 114 valence electrons. The molecule has 0 saturated carbocycles. The van der Waals surface area contributed by atoms with Gasteiger partial charge in [0.25, 0.3) is 11.4 Å². The van der Waals surface area contributed by atoms with E-state index in [9.17, 15) is 25.0 Å². The number of benzene rings is 1. The average molecular weight is 314 g/mol. The van der Waals surface area contributed by atoms with Crippen LogP contribution in [0.25, 0.3) is 0 Å². The molecule has 21 heavy (non-hydrogen) atoms. The summed E-state index contributed by atoms with van der Waals surface area (Å²) in [6.45, 7) is 1.80. The van der Waals surface area contributed by atoms with Crippen molar-refractivity contribution >= 4 is 29.1 Å². The minimum absolute atomic E-state index is 0.0766. The number of carbonyl (C=O) groups excluding carboxylic acids is 1. The third kappa shape index (κ3) is 5.03. The second-order valence-corrected chi connectivity index (χ2v) is 5.66. The van der Waals surface area contributed by atoms with E-state index < -0.39 is 9.85 Å². The van der Waals surface area contributed by atoms with Gasteiger partial charge in [-0.25, -0.2) is 0 Å². The normalized spacial score (nSPS) is 11.7. The van der Waals surface area contributed by atoms with Gasteiger partial charge < -0.3 is 4.74 Å². The molecule has 0 fully saturated rings. The van der Waals surface area contributed by atoms with E-state index in [4.69, 9.17) is 0 Å². The van der Waals surface area contributed by atoms with Crippen LogP contribution in [-0.4, -0.2) is 28.2 Å². The standard InChI is InChI=1S/C12H14N2O6S/c1-8(5-12(15)20-2)21-7-9-3-4-10(13(16)17)6-11(9)14(18)19/h3-4,6,8H,5,7H2,1-2H3. The number of nitrogens with zero attached hydrogens (tertiary/aromatic N) is 2. The number of nitro benzene ring substituents is 2. The first-order valence-corrected chi connectivity index (χ1v) is 7.00. The Kier molecular flexibility index (Phi) is 6.10. The van der Waals surface area contributed by atoms with Gasteiger partial charge in [-0.2, -0.15) is 11.8 Å². The molecule has 0 amide bonds. The van der Waals surface area contributed by atoms with Crippen LogP contribution in [0.5, 0.6) is 0 Å². The molecule has 1 atom stereocenters. The van der Waals surface area contributed by atoms with Gasteiger partial charge in [-0.1, -0.05) is 6.92 Å². The number of methoxy groups -OCH3 is 1. The molecular weight excluding hydrogens is 300 g/mol. The minimum atomic E-state index is -0.677. The topological polar surface area (TPSA) is 113 Å². The van der Waals surface area contributed by atoms with Crippen LogP contribution in [0.2, 0.25) is 0 Å². The molecule has 0 radical (unpaired) electrons. The van der Waals surface area contributed by atoms with Gasteiger partial charge in [-0.15, -0.1) is 0 Å². The molecule has 0 spiro atoms. The summed E-state index contributed by atoms with van der Waals surface area (Å²) in [4.78, 5) is 31.4. The number of thioether (sulfide) groups is 1. The van der Waals surface area contributed by atoms with Gasteiger partial charge in [0, 0.05) is 22.6 Å². The van der Waals surface area contributed by atoms with Crippen LogP contribution in [-0.2, 0) is 15.3 Å². The van der Waals surface area contributed by atoms with Gasteiger partial charge in [0.15, 0.2) is 0 Å². The fourth-order valence-electron chi connectivity index (χ4n) is 1.57. The fraction of sp³-hybridized carbons (Fsp3) is 0.417. The molecule has 0 N–H and O–H groups in total. The first-order chi connectivity index (χ1) is 9.85. The Morgan fingerprint density at radius 3 is 2.52 bits per heavy atom. The molecule has 1 unspecified atom stereocenters. The van der Waals surface area contributed by atoms with E-state index in [1.807, 2.05) is 0 Å².